The van der Waals surface area contributed by atoms with Gasteiger partial charge in [0.2, 0.25) is 0 Å². The molecule has 0 aromatic rings. The molecule has 78 valence electrons. The molecule has 0 heterocycles. The van der Waals surface area contributed by atoms with E-state index in [1.165, 1.54) is 0 Å². The van der Waals surface area contributed by atoms with Crippen LogP contribution in [0.2, 0.25) is 0 Å². The summed E-state index contributed by atoms with van der Waals surface area (Å²) in [4.78, 5) is 0. The number of allylic oxidation sites excluding steroid dienone is 1. The van der Waals surface area contributed by atoms with Crippen molar-refractivity contribution in [1.29, 1.82) is 0 Å². The molecule has 0 bridgehead atoms. The number of rotatable bonds is 3. The molecular weight excluding hydrogens is 158 g/mol. The molecule has 0 atom stereocenters. The van der Waals surface area contributed by atoms with Gasteiger partial charge in [-0.05, 0) is 19.8 Å². The third kappa shape index (κ3) is 3.84. The second-order valence-electron chi connectivity index (χ2n) is 5.73. The first kappa shape index (κ1) is 12.5. The van der Waals surface area contributed by atoms with Crippen LogP contribution < -0.4 is 5.32 Å². The molecule has 0 aromatic carbocycles. The maximum Gasteiger partial charge on any atom is 0.0337 e. The van der Waals surface area contributed by atoms with E-state index in [2.05, 4.69) is 60.4 Å². The average Bonchev–Trinajstić information content (AvgIpc) is 1.83. The van der Waals surface area contributed by atoms with Crippen molar-refractivity contribution in [3.63, 3.8) is 0 Å². The molecule has 0 fully saturated rings. The summed E-state index contributed by atoms with van der Waals surface area (Å²) in [6, 6.07) is 0. The lowest BCUT2D eigenvalue weighted by Crippen LogP contribution is -2.45. The molecule has 0 aliphatic heterocycles. The van der Waals surface area contributed by atoms with Crippen molar-refractivity contribution >= 4 is 0 Å². The molecule has 1 nitrogen and oxygen atoms in total. The Hall–Kier alpha value is -0.460. The van der Waals surface area contributed by atoms with E-state index in [-0.39, 0.29) is 11.0 Å². The molecule has 0 spiro atoms. The van der Waals surface area contributed by atoms with Gasteiger partial charge < -0.3 is 5.32 Å². The molecule has 0 aromatic heterocycles. The summed E-state index contributed by atoms with van der Waals surface area (Å²) in [5.41, 5.74) is 1.39. The lowest BCUT2D eigenvalue weighted by Gasteiger charge is -2.36. The van der Waals surface area contributed by atoms with E-state index in [0.29, 0.717) is 5.92 Å². The second-order valence-corrected chi connectivity index (χ2v) is 5.73. The van der Waals surface area contributed by atoms with Gasteiger partial charge in [-0.2, -0.15) is 0 Å². The van der Waals surface area contributed by atoms with Gasteiger partial charge in [-0.25, -0.2) is 0 Å². The van der Waals surface area contributed by atoms with E-state index in [1.54, 1.807) is 0 Å². The first-order valence-corrected chi connectivity index (χ1v) is 5.05. The largest absolute Gasteiger partial charge is 0.383 e. The molecule has 13 heavy (non-hydrogen) atoms. The van der Waals surface area contributed by atoms with Crippen LogP contribution in [0, 0.1) is 11.3 Å². The third-order valence-electron chi connectivity index (χ3n) is 2.82. The van der Waals surface area contributed by atoms with Crippen LogP contribution in [0.4, 0.5) is 0 Å². The van der Waals surface area contributed by atoms with Gasteiger partial charge in [0.15, 0.2) is 0 Å². The normalized spacial score (nSPS) is 13.2. The monoisotopic (exact) mass is 183 g/mol. The summed E-state index contributed by atoms with van der Waals surface area (Å²) in [6.07, 6.45) is 0. The summed E-state index contributed by atoms with van der Waals surface area (Å²) in [5.74, 6) is 0.603. The molecule has 0 radical (unpaired) electrons. The molecular formula is C12H25N. The van der Waals surface area contributed by atoms with Crippen molar-refractivity contribution < 1.29 is 0 Å². The minimum Gasteiger partial charge on any atom is -0.383 e. The Labute approximate surface area is 83.6 Å². The quantitative estimate of drug-likeness (QED) is 0.705. The maximum absolute atomic E-state index is 4.08. The van der Waals surface area contributed by atoms with Gasteiger partial charge >= 0.3 is 0 Å². The van der Waals surface area contributed by atoms with Gasteiger partial charge in [-0.1, -0.05) is 41.2 Å². The zero-order chi connectivity index (χ0) is 10.9. The summed E-state index contributed by atoms with van der Waals surface area (Å²) in [6.45, 7) is 19.5. The predicted octanol–water partition coefficient (Wildman–Crippen LogP) is 3.57. The fourth-order valence-corrected chi connectivity index (χ4v) is 0.721. The minimum absolute atomic E-state index is 0.129. The van der Waals surface area contributed by atoms with Gasteiger partial charge in [0.25, 0.3) is 0 Å². The SMILES string of the molecule is C=C(NC(C)(C)C(C)C)C(C)(C)C. The van der Waals surface area contributed by atoms with Gasteiger partial charge in [0.05, 0.1) is 0 Å². The van der Waals surface area contributed by atoms with Gasteiger partial charge in [-0.15, -0.1) is 0 Å². The number of hydrogen-bond donors (Lipinski definition) is 1. The van der Waals surface area contributed by atoms with Crippen molar-refractivity contribution in [2.75, 3.05) is 0 Å². The summed E-state index contributed by atoms with van der Waals surface area (Å²) in [5, 5.41) is 3.50. The molecule has 1 N–H and O–H groups in total. The Kier molecular flexibility index (Phi) is 3.60. The van der Waals surface area contributed by atoms with E-state index < -0.39 is 0 Å². The predicted molar refractivity (Wildman–Crippen MR) is 60.6 cm³/mol. The van der Waals surface area contributed by atoms with Crippen LogP contribution in [0.5, 0.6) is 0 Å². The number of nitrogens with one attached hydrogen (secondary N) is 1. The van der Waals surface area contributed by atoms with Crippen molar-refractivity contribution in [2.45, 2.75) is 54.0 Å². The molecule has 0 unspecified atom stereocenters. The topological polar surface area (TPSA) is 12.0 Å². The maximum atomic E-state index is 4.08. The fraction of sp³-hybridized carbons (Fsp3) is 0.833. The zero-order valence-electron chi connectivity index (χ0n) is 10.3. The molecule has 0 saturated heterocycles. The van der Waals surface area contributed by atoms with Crippen LogP contribution in [-0.4, -0.2) is 5.54 Å². The minimum atomic E-state index is 0.129. The Morgan fingerprint density at radius 1 is 1.08 bits per heavy atom. The third-order valence-corrected chi connectivity index (χ3v) is 2.82. The highest BCUT2D eigenvalue weighted by atomic mass is 15.0. The first-order valence-electron chi connectivity index (χ1n) is 5.05. The van der Waals surface area contributed by atoms with Gasteiger partial charge in [-0.3, -0.25) is 0 Å². The van der Waals surface area contributed by atoms with E-state index in [1.807, 2.05) is 0 Å². The van der Waals surface area contributed by atoms with Crippen molar-refractivity contribution in [1.82, 2.24) is 5.32 Å². The Balaban J connectivity index is 4.38. The first-order chi connectivity index (χ1) is 5.57. The Morgan fingerprint density at radius 2 is 1.46 bits per heavy atom. The molecule has 1 heteroatoms. The lowest BCUT2D eigenvalue weighted by atomic mass is 9.86. The highest BCUT2D eigenvalue weighted by Gasteiger charge is 2.25. The van der Waals surface area contributed by atoms with Crippen LogP contribution in [0.1, 0.15) is 48.5 Å². The van der Waals surface area contributed by atoms with E-state index in [0.717, 1.165) is 5.70 Å². The molecule has 0 aliphatic carbocycles. The number of hydrogen-bond acceptors (Lipinski definition) is 1. The van der Waals surface area contributed by atoms with Crippen molar-refractivity contribution in [3.8, 4) is 0 Å². The van der Waals surface area contributed by atoms with Crippen LogP contribution in [0.3, 0.4) is 0 Å². The summed E-state index contributed by atoms with van der Waals surface area (Å²) >= 11 is 0. The fourth-order valence-electron chi connectivity index (χ4n) is 0.721. The van der Waals surface area contributed by atoms with Crippen LogP contribution in [-0.2, 0) is 0 Å². The molecule has 0 amide bonds. The summed E-state index contributed by atoms with van der Waals surface area (Å²) < 4.78 is 0. The standard InChI is InChI=1S/C12H25N/c1-9(2)12(7,8)13-10(3)11(4,5)6/h9,13H,3H2,1-2,4-8H3. The summed E-state index contributed by atoms with van der Waals surface area (Å²) in [7, 11) is 0. The van der Waals surface area contributed by atoms with Crippen LogP contribution >= 0.6 is 0 Å². The van der Waals surface area contributed by atoms with E-state index >= 15 is 0 Å². The highest BCUT2D eigenvalue weighted by molar-refractivity contribution is 5.06. The van der Waals surface area contributed by atoms with Gasteiger partial charge in [0, 0.05) is 16.7 Å². The Morgan fingerprint density at radius 3 is 1.69 bits per heavy atom. The van der Waals surface area contributed by atoms with E-state index in [4.69, 9.17) is 0 Å². The molecule has 0 aliphatic rings. The molecule has 0 rings (SSSR count). The molecule has 0 saturated carbocycles. The van der Waals surface area contributed by atoms with E-state index in [9.17, 15) is 0 Å². The van der Waals surface area contributed by atoms with Crippen molar-refractivity contribution in [3.05, 3.63) is 12.3 Å². The zero-order valence-corrected chi connectivity index (χ0v) is 10.3. The van der Waals surface area contributed by atoms with Crippen LogP contribution in [0.25, 0.3) is 0 Å². The average molecular weight is 183 g/mol. The van der Waals surface area contributed by atoms with Crippen LogP contribution in [0.15, 0.2) is 12.3 Å². The van der Waals surface area contributed by atoms with Gasteiger partial charge in [0.1, 0.15) is 0 Å². The Bertz CT molecular complexity index is 182. The highest BCUT2D eigenvalue weighted by Crippen LogP contribution is 2.25. The van der Waals surface area contributed by atoms with Crippen molar-refractivity contribution in [2.24, 2.45) is 11.3 Å². The second kappa shape index (κ2) is 3.73. The smallest absolute Gasteiger partial charge is 0.0337 e. The lowest BCUT2D eigenvalue weighted by molar-refractivity contribution is 0.285.